The van der Waals surface area contributed by atoms with Crippen molar-refractivity contribution in [3.05, 3.63) is 0 Å². The lowest BCUT2D eigenvalue weighted by Crippen LogP contribution is -2.22. The van der Waals surface area contributed by atoms with Crippen LogP contribution in [-0.2, 0) is 0 Å². The summed E-state index contributed by atoms with van der Waals surface area (Å²) in [6.45, 7) is 3.61. The highest BCUT2D eigenvalue weighted by molar-refractivity contribution is 4.91. The van der Waals surface area contributed by atoms with Gasteiger partial charge in [-0.2, -0.15) is 0 Å². The van der Waals surface area contributed by atoms with Crippen molar-refractivity contribution < 1.29 is 0 Å². The first kappa shape index (κ1) is 5.72. The first-order chi connectivity index (χ1) is 4.36. The summed E-state index contributed by atoms with van der Waals surface area (Å²) in [4.78, 5) is 0. The van der Waals surface area contributed by atoms with Gasteiger partial charge in [0.1, 0.15) is 0 Å². The zero-order valence-electron chi connectivity index (χ0n) is 6.06. The summed E-state index contributed by atoms with van der Waals surface area (Å²) in [5.74, 6) is 2.01. The Morgan fingerprint density at radius 2 is 2.11 bits per heavy atom. The molecular weight excluding hydrogens is 110 g/mol. The molecule has 0 unspecified atom stereocenters. The van der Waals surface area contributed by atoms with E-state index in [1.54, 1.807) is 0 Å². The Balaban J connectivity index is 1.86. The molecule has 0 bridgehead atoms. The molecule has 1 saturated carbocycles. The van der Waals surface area contributed by atoms with Crippen LogP contribution in [-0.4, -0.2) is 12.6 Å². The lowest BCUT2D eigenvalue weighted by molar-refractivity contribution is 0.525. The summed E-state index contributed by atoms with van der Waals surface area (Å²) in [6, 6.07) is 0.903. The van der Waals surface area contributed by atoms with Gasteiger partial charge in [-0.25, -0.2) is 0 Å². The van der Waals surface area contributed by atoms with Gasteiger partial charge in [-0.3, -0.25) is 0 Å². The third-order valence-corrected chi connectivity index (χ3v) is 2.58. The fraction of sp³-hybridized carbons (Fsp3) is 1.00. The van der Waals surface area contributed by atoms with E-state index in [9.17, 15) is 0 Å². The Kier molecular flexibility index (Phi) is 1.26. The fourth-order valence-electron chi connectivity index (χ4n) is 1.81. The minimum Gasteiger partial charge on any atom is -0.313 e. The van der Waals surface area contributed by atoms with Gasteiger partial charge in [0.05, 0.1) is 0 Å². The number of hydrogen-bond donors (Lipinski definition) is 1. The summed E-state index contributed by atoms with van der Waals surface area (Å²) < 4.78 is 0. The van der Waals surface area contributed by atoms with Crippen LogP contribution in [0.15, 0.2) is 0 Å². The summed E-state index contributed by atoms with van der Waals surface area (Å²) in [7, 11) is 0. The first-order valence-electron chi connectivity index (χ1n) is 4.09. The molecule has 1 N–H and O–H groups in total. The lowest BCUT2D eigenvalue weighted by atomic mass is 10.1. The van der Waals surface area contributed by atoms with Gasteiger partial charge in [-0.05, 0) is 37.6 Å². The van der Waals surface area contributed by atoms with Crippen molar-refractivity contribution in [3.8, 4) is 0 Å². The average molecular weight is 125 g/mol. The molecule has 52 valence electrons. The van der Waals surface area contributed by atoms with E-state index in [4.69, 9.17) is 0 Å². The van der Waals surface area contributed by atoms with E-state index in [0.29, 0.717) is 0 Å². The largest absolute Gasteiger partial charge is 0.313 e. The van der Waals surface area contributed by atoms with Crippen LogP contribution >= 0.6 is 0 Å². The fourth-order valence-corrected chi connectivity index (χ4v) is 1.81. The smallest absolute Gasteiger partial charge is 0.00984 e. The molecule has 1 aliphatic heterocycles. The van der Waals surface area contributed by atoms with E-state index in [1.807, 2.05) is 0 Å². The van der Waals surface area contributed by atoms with Crippen molar-refractivity contribution in [2.24, 2.45) is 11.8 Å². The SMILES string of the molecule is C[C@@H]1CN[C@H](C2CC2)C1. The van der Waals surface area contributed by atoms with Gasteiger partial charge in [0.2, 0.25) is 0 Å². The van der Waals surface area contributed by atoms with Crippen LogP contribution < -0.4 is 5.32 Å². The van der Waals surface area contributed by atoms with Crippen molar-refractivity contribution in [1.82, 2.24) is 5.32 Å². The third-order valence-electron chi connectivity index (χ3n) is 2.58. The van der Waals surface area contributed by atoms with Crippen molar-refractivity contribution in [2.45, 2.75) is 32.2 Å². The monoisotopic (exact) mass is 125 g/mol. The Morgan fingerprint density at radius 1 is 1.33 bits per heavy atom. The Hall–Kier alpha value is -0.0400. The zero-order valence-corrected chi connectivity index (χ0v) is 6.06. The van der Waals surface area contributed by atoms with Gasteiger partial charge >= 0.3 is 0 Å². The summed E-state index contributed by atoms with van der Waals surface area (Å²) >= 11 is 0. The van der Waals surface area contributed by atoms with Gasteiger partial charge in [0.15, 0.2) is 0 Å². The summed E-state index contributed by atoms with van der Waals surface area (Å²) in [5, 5.41) is 3.57. The van der Waals surface area contributed by atoms with E-state index in [1.165, 1.54) is 25.8 Å². The molecule has 2 atom stereocenters. The summed E-state index contributed by atoms with van der Waals surface area (Å²) in [6.07, 6.45) is 4.42. The molecular formula is C8H15N. The Labute approximate surface area is 56.8 Å². The van der Waals surface area contributed by atoms with E-state index in [0.717, 1.165) is 17.9 Å². The van der Waals surface area contributed by atoms with E-state index in [2.05, 4.69) is 12.2 Å². The van der Waals surface area contributed by atoms with Gasteiger partial charge < -0.3 is 5.32 Å². The second-order valence-corrected chi connectivity index (χ2v) is 3.69. The maximum Gasteiger partial charge on any atom is 0.00984 e. The first-order valence-corrected chi connectivity index (χ1v) is 4.09. The molecule has 9 heavy (non-hydrogen) atoms. The zero-order chi connectivity index (χ0) is 6.27. The van der Waals surface area contributed by atoms with Crippen LogP contribution in [0.2, 0.25) is 0 Å². The molecule has 2 rings (SSSR count). The second-order valence-electron chi connectivity index (χ2n) is 3.69. The maximum atomic E-state index is 3.57. The molecule has 0 aromatic carbocycles. The minimum atomic E-state index is 0.903. The molecule has 0 aromatic rings. The van der Waals surface area contributed by atoms with Gasteiger partial charge in [-0.1, -0.05) is 6.92 Å². The topological polar surface area (TPSA) is 12.0 Å². The molecule has 1 heterocycles. The number of rotatable bonds is 1. The van der Waals surface area contributed by atoms with Crippen molar-refractivity contribution in [2.75, 3.05) is 6.54 Å². The Bertz CT molecular complexity index is 107. The lowest BCUT2D eigenvalue weighted by Gasteiger charge is -2.05. The minimum absolute atomic E-state index is 0.903. The highest BCUT2D eigenvalue weighted by atomic mass is 15.0. The van der Waals surface area contributed by atoms with Crippen LogP contribution in [0.25, 0.3) is 0 Å². The van der Waals surface area contributed by atoms with E-state index >= 15 is 0 Å². The standard InChI is InChI=1S/C8H15N/c1-6-4-8(9-5-6)7-2-3-7/h6-9H,2-5H2,1H3/t6-,8-/m0/s1. The molecule has 2 aliphatic rings. The molecule has 1 aliphatic carbocycles. The van der Waals surface area contributed by atoms with Crippen molar-refractivity contribution in [1.29, 1.82) is 0 Å². The van der Waals surface area contributed by atoms with Crippen LogP contribution in [0.3, 0.4) is 0 Å². The van der Waals surface area contributed by atoms with Gasteiger partial charge in [0.25, 0.3) is 0 Å². The average Bonchev–Trinajstić information content (AvgIpc) is 2.58. The molecule has 1 nitrogen and oxygen atoms in total. The molecule has 1 saturated heterocycles. The molecule has 0 amide bonds. The molecule has 2 fully saturated rings. The maximum absolute atomic E-state index is 3.57. The normalized spacial score (nSPS) is 43.7. The van der Waals surface area contributed by atoms with Crippen LogP contribution in [0.5, 0.6) is 0 Å². The molecule has 0 spiro atoms. The van der Waals surface area contributed by atoms with E-state index in [-0.39, 0.29) is 0 Å². The molecule has 1 heteroatoms. The van der Waals surface area contributed by atoms with Crippen molar-refractivity contribution >= 4 is 0 Å². The van der Waals surface area contributed by atoms with E-state index < -0.39 is 0 Å². The van der Waals surface area contributed by atoms with Gasteiger partial charge in [0, 0.05) is 6.04 Å². The van der Waals surface area contributed by atoms with Crippen molar-refractivity contribution in [3.63, 3.8) is 0 Å². The van der Waals surface area contributed by atoms with Crippen LogP contribution in [0.1, 0.15) is 26.2 Å². The highest BCUT2D eigenvalue weighted by Crippen LogP contribution is 2.37. The summed E-state index contributed by atoms with van der Waals surface area (Å²) in [5.41, 5.74) is 0. The number of hydrogen-bond acceptors (Lipinski definition) is 1. The quantitative estimate of drug-likeness (QED) is 0.558. The molecule has 0 aromatic heterocycles. The molecule has 0 radical (unpaired) electrons. The Morgan fingerprint density at radius 3 is 2.56 bits per heavy atom. The van der Waals surface area contributed by atoms with Gasteiger partial charge in [-0.15, -0.1) is 0 Å². The third kappa shape index (κ3) is 1.11. The van der Waals surface area contributed by atoms with Crippen LogP contribution in [0, 0.1) is 11.8 Å². The predicted molar refractivity (Wildman–Crippen MR) is 38.3 cm³/mol. The predicted octanol–water partition coefficient (Wildman–Crippen LogP) is 1.39. The number of nitrogens with one attached hydrogen (secondary N) is 1. The van der Waals surface area contributed by atoms with Crippen LogP contribution in [0.4, 0.5) is 0 Å². The highest BCUT2D eigenvalue weighted by Gasteiger charge is 2.34. The second kappa shape index (κ2) is 1.98.